The first-order valence-electron chi connectivity index (χ1n) is 8.46. The van der Waals surface area contributed by atoms with Gasteiger partial charge in [0.2, 0.25) is 11.8 Å². The standard InChI is InChI=1S/C21H17N4O2/c22-20(26)17-4-2-1-3-13(17)5-7-16-11-15(9-10-23-16)14-6-8-19-18(12-14)21(27)25-24-19/h1-4,6-12H,5H2,(H2,22,26)(H2,24,25,27). The molecule has 0 saturated carbocycles. The lowest BCUT2D eigenvalue weighted by atomic mass is 9.99. The quantitative estimate of drug-likeness (QED) is 0.510. The van der Waals surface area contributed by atoms with Crippen molar-refractivity contribution < 1.29 is 9.90 Å². The van der Waals surface area contributed by atoms with E-state index in [0.29, 0.717) is 17.4 Å². The van der Waals surface area contributed by atoms with Crippen LogP contribution in [0.15, 0.2) is 60.8 Å². The zero-order valence-electron chi connectivity index (χ0n) is 14.4. The van der Waals surface area contributed by atoms with Crippen molar-refractivity contribution in [3.05, 3.63) is 84.0 Å². The molecule has 0 aliphatic heterocycles. The van der Waals surface area contributed by atoms with Crippen LogP contribution in [0.5, 0.6) is 5.88 Å². The predicted molar refractivity (Wildman–Crippen MR) is 103 cm³/mol. The van der Waals surface area contributed by atoms with Crippen LogP contribution in [0.4, 0.5) is 0 Å². The first-order chi connectivity index (χ1) is 13.1. The van der Waals surface area contributed by atoms with Gasteiger partial charge in [-0.2, -0.15) is 0 Å². The van der Waals surface area contributed by atoms with Gasteiger partial charge in [0.1, 0.15) is 0 Å². The summed E-state index contributed by atoms with van der Waals surface area (Å²) >= 11 is 0. The van der Waals surface area contributed by atoms with Crippen molar-refractivity contribution in [2.24, 2.45) is 5.73 Å². The molecule has 2 aromatic heterocycles. The molecule has 0 saturated heterocycles. The highest BCUT2D eigenvalue weighted by Gasteiger charge is 2.09. The summed E-state index contributed by atoms with van der Waals surface area (Å²) in [5, 5.41) is 17.1. The molecule has 0 spiro atoms. The van der Waals surface area contributed by atoms with Gasteiger partial charge in [0.25, 0.3) is 0 Å². The highest BCUT2D eigenvalue weighted by molar-refractivity contribution is 5.94. The summed E-state index contributed by atoms with van der Waals surface area (Å²) in [6.07, 6.45) is 4.25. The van der Waals surface area contributed by atoms with Gasteiger partial charge < -0.3 is 10.8 Å². The average Bonchev–Trinajstić information content (AvgIpc) is 3.07. The second kappa shape index (κ2) is 6.92. The third-order valence-corrected chi connectivity index (χ3v) is 4.47. The van der Waals surface area contributed by atoms with Gasteiger partial charge in [-0.15, -0.1) is 5.10 Å². The van der Waals surface area contributed by atoms with Gasteiger partial charge in [0, 0.05) is 23.9 Å². The Morgan fingerprint density at radius 1 is 1.11 bits per heavy atom. The first kappa shape index (κ1) is 16.8. The Labute approximate surface area is 155 Å². The number of benzene rings is 2. The molecule has 4 aromatic rings. The number of aromatic nitrogens is 3. The normalized spacial score (nSPS) is 11.0. The molecular formula is C21H17N4O2. The lowest BCUT2D eigenvalue weighted by Crippen LogP contribution is -2.13. The Kier molecular flexibility index (Phi) is 4.30. The molecule has 0 aliphatic rings. The van der Waals surface area contributed by atoms with E-state index in [9.17, 15) is 9.90 Å². The van der Waals surface area contributed by atoms with Gasteiger partial charge >= 0.3 is 0 Å². The molecule has 4 rings (SSSR count). The van der Waals surface area contributed by atoms with Crippen LogP contribution in [0.2, 0.25) is 0 Å². The lowest BCUT2D eigenvalue weighted by Gasteiger charge is -2.08. The number of H-pyrrole nitrogens is 1. The van der Waals surface area contributed by atoms with Gasteiger partial charge in [0.05, 0.1) is 10.9 Å². The summed E-state index contributed by atoms with van der Waals surface area (Å²) in [7, 11) is 0. The Morgan fingerprint density at radius 2 is 1.93 bits per heavy atom. The fourth-order valence-electron chi connectivity index (χ4n) is 3.07. The highest BCUT2D eigenvalue weighted by atomic mass is 16.3. The number of rotatable bonds is 5. The second-order valence-corrected chi connectivity index (χ2v) is 6.21. The number of aromatic amines is 1. The molecule has 0 atom stereocenters. The molecule has 133 valence electrons. The van der Waals surface area contributed by atoms with Gasteiger partial charge in [-0.1, -0.05) is 24.3 Å². The molecule has 27 heavy (non-hydrogen) atoms. The fourth-order valence-corrected chi connectivity index (χ4v) is 3.07. The molecule has 1 radical (unpaired) electrons. The highest BCUT2D eigenvalue weighted by Crippen LogP contribution is 2.28. The molecule has 0 fully saturated rings. The number of primary amides is 1. The monoisotopic (exact) mass is 357 g/mol. The Balaban J connectivity index is 1.59. The minimum absolute atomic E-state index is 0.0178. The number of pyridine rings is 1. The average molecular weight is 357 g/mol. The number of aromatic hydroxyl groups is 1. The zero-order valence-corrected chi connectivity index (χ0v) is 14.4. The van der Waals surface area contributed by atoms with Crippen molar-refractivity contribution in [1.82, 2.24) is 15.2 Å². The predicted octanol–water partition coefficient (Wildman–Crippen LogP) is 3.22. The number of fused-ring (bicyclic) bond motifs is 1. The van der Waals surface area contributed by atoms with Gasteiger partial charge in [-0.05, 0) is 53.4 Å². The number of carbonyl (C=O) groups excluding carboxylic acids is 1. The summed E-state index contributed by atoms with van der Waals surface area (Å²) in [6, 6.07) is 16.9. The largest absolute Gasteiger partial charge is 0.492 e. The number of nitrogens with one attached hydrogen (secondary N) is 1. The zero-order chi connectivity index (χ0) is 18.8. The van der Waals surface area contributed by atoms with Crippen molar-refractivity contribution in [3.8, 4) is 17.0 Å². The Morgan fingerprint density at radius 3 is 2.78 bits per heavy atom. The maximum Gasteiger partial charge on any atom is 0.248 e. The number of nitrogens with zero attached hydrogens (tertiary/aromatic N) is 2. The molecule has 6 heteroatoms. The lowest BCUT2D eigenvalue weighted by molar-refractivity contribution is 0.0999. The van der Waals surface area contributed by atoms with E-state index in [1.165, 1.54) is 0 Å². The van der Waals surface area contributed by atoms with Crippen molar-refractivity contribution in [1.29, 1.82) is 0 Å². The van der Waals surface area contributed by atoms with E-state index in [2.05, 4.69) is 15.2 Å². The van der Waals surface area contributed by atoms with E-state index in [1.54, 1.807) is 18.3 Å². The van der Waals surface area contributed by atoms with Crippen LogP contribution in [-0.2, 0) is 6.42 Å². The van der Waals surface area contributed by atoms with Crippen LogP contribution < -0.4 is 5.73 Å². The van der Waals surface area contributed by atoms with E-state index < -0.39 is 5.91 Å². The van der Waals surface area contributed by atoms with Crippen LogP contribution in [-0.4, -0.2) is 26.2 Å². The van der Waals surface area contributed by atoms with Crippen molar-refractivity contribution in [3.63, 3.8) is 0 Å². The Hall–Kier alpha value is -3.67. The molecule has 6 nitrogen and oxygen atoms in total. The summed E-state index contributed by atoms with van der Waals surface area (Å²) in [5.74, 6) is -0.454. The minimum Gasteiger partial charge on any atom is -0.492 e. The van der Waals surface area contributed by atoms with Crippen molar-refractivity contribution in [2.75, 3.05) is 0 Å². The maximum absolute atomic E-state index is 11.5. The molecule has 1 amide bonds. The third-order valence-electron chi connectivity index (χ3n) is 4.47. The van der Waals surface area contributed by atoms with Gasteiger partial charge in [0.15, 0.2) is 0 Å². The summed E-state index contributed by atoms with van der Waals surface area (Å²) in [5.41, 5.74) is 10.3. The summed E-state index contributed by atoms with van der Waals surface area (Å²) in [6.45, 7) is 0. The number of carbonyl (C=O) groups is 1. The molecule has 0 unspecified atom stereocenters. The molecule has 0 aliphatic carbocycles. The van der Waals surface area contributed by atoms with E-state index in [-0.39, 0.29) is 5.88 Å². The van der Waals surface area contributed by atoms with Gasteiger partial charge in [-0.25, -0.2) is 0 Å². The van der Waals surface area contributed by atoms with Crippen LogP contribution in [0, 0.1) is 6.42 Å². The molecule has 0 bridgehead atoms. The fraction of sp³-hybridized carbons (Fsp3) is 0.0476. The maximum atomic E-state index is 11.5. The SMILES string of the molecule is NC(=O)c1ccccc1C[CH]c1cc(-c2ccc3[nH]nc(O)c3c2)ccn1. The van der Waals surface area contributed by atoms with E-state index in [1.807, 2.05) is 48.9 Å². The van der Waals surface area contributed by atoms with Crippen LogP contribution >= 0.6 is 0 Å². The molecule has 4 N–H and O–H groups in total. The van der Waals surface area contributed by atoms with Crippen LogP contribution in [0.3, 0.4) is 0 Å². The number of nitrogens with two attached hydrogens (primary N) is 1. The van der Waals surface area contributed by atoms with E-state index in [4.69, 9.17) is 5.73 Å². The smallest absolute Gasteiger partial charge is 0.248 e. The number of hydrogen-bond acceptors (Lipinski definition) is 4. The van der Waals surface area contributed by atoms with Crippen LogP contribution in [0.25, 0.3) is 22.0 Å². The summed E-state index contributed by atoms with van der Waals surface area (Å²) < 4.78 is 0. The number of hydrogen-bond donors (Lipinski definition) is 3. The molecular weight excluding hydrogens is 340 g/mol. The first-order valence-corrected chi connectivity index (χ1v) is 8.46. The third kappa shape index (κ3) is 3.37. The second-order valence-electron chi connectivity index (χ2n) is 6.21. The molecule has 2 heterocycles. The molecule has 2 aromatic carbocycles. The van der Waals surface area contributed by atoms with Crippen molar-refractivity contribution >= 4 is 16.8 Å². The summed E-state index contributed by atoms with van der Waals surface area (Å²) in [4.78, 5) is 15.9. The van der Waals surface area contributed by atoms with E-state index in [0.717, 1.165) is 27.9 Å². The topological polar surface area (TPSA) is 105 Å². The van der Waals surface area contributed by atoms with Gasteiger partial charge in [-0.3, -0.25) is 14.9 Å². The Bertz CT molecular complexity index is 1130. The number of amides is 1. The minimum atomic E-state index is -0.436. The van der Waals surface area contributed by atoms with Crippen molar-refractivity contribution in [2.45, 2.75) is 6.42 Å². The van der Waals surface area contributed by atoms with Crippen LogP contribution in [0.1, 0.15) is 21.6 Å². The van der Waals surface area contributed by atoms with E-state index >= 15 is 0 Å².